The van der Waals surface area contributed by atoms with E-state index in [0.717, 1.165) is 15.6 Å². The highest BCUT2D eigenvalue weighted by atomic mass is 79.9. The van der Waals surface area contributed by atoms with E-state index in [9.17, 15) is 9.59 Å². The molecule has 0 spiro atoms. The van der Waals surface area contributed by atoms with E-state index in [2.05, 4.69) is 20.9 Å². The lowest BCUT2D eigenvalue weighted by molar-refractivity contribution is -0.144. The lowest BCUT2D eigenvalue weighted by Gasteiger charge is -2.07. The molecule has 3 aromatic rings. The van der Waals surface area contributed by atoms with E-state index >= 15 is 0 Å². The van der Waals surface area contributed by atoms with Gasteiger partial charge in [0.1, 0.15) is 12.3 Å². The van der Waals surface area contributed by atoms with Crippen molar-refractivity contribution in [2.75, 3.05) is 0 Å². The Labute approximate surface area is 153 Å². The fourth-order valence-corrected chi connectivity index (χ4v) is 2.82. The zero-order valence-electron chi connectivity index (χ0n) is 14.0. The Balaban J connectivity index is 1.69. The minimum Gasteiger partial charge on any atom is -0.459 e. The third kappa shape index (κ3) is 4.14. The van der Waals surface area contributed by atoms with Crippen molar-refractivity contribution in [1.29, 1.82) is 0 Å². The molecule has 0 N–H and O–H groups in total. The molecule has 0 saturated heterocycles. The Hall–Kier alpha value is -2.47. The van der Waals surface area contributed by atoms with Crippen LogP contribution in [-0.4, -0.2) is 15.4 Å². The van der Waals surface area contributed by atoms with Gasteiger partial charge in [0.2, 0.25) is 0 Å². The lowest BCUT2D eigenvalue weighted by Crippen LogP contribution is -2.17. The fraction of sp³-hybridized carbons (Fsp3) is 0.211. The van der Waals surface area contributed by atoms with Crippen molar-refractivity contribution >= 4 is 27.5 Å². The monoisotopic (exact) mass is 400 g/mol. The molecule has 0 aliphatic rings. The van der Waals surface area contributed by atoms with Crippen molar-refractivity contribution in [3.63, 3.8) is 0 Å². The first kappa shape index (κ1) is 17.4. The quantitative estimate of drug-likeness (QED) is 0.629. The Bertz CT molecular complexity index is 1010. The number of hydrogen-bond donors (Lipinski definition) is 0. The second kappa shape index (κ2) is 7.19. The van der Waals surface area contributed by atoms with Crippen molar-refractivity contribution < 1.29 is 9.53 Å². The highest BCUT2D eigenvalue weighted by molar-refractivity contribution is 9.10. The SMILES string of the molecule is Cc1ccc(CC(=O)OCc2cc(=O)n3cc(Br)ccc3n2)cc1C. The number of nitrogens with zero attached hydrogens (tertiary/aromatic N) is 2. The number of halogens is 1. The van der Waals surface area contributed by atoms with Crippen LogP contribution in [0.15, 0.2) is 51.9 Å². The third-order valence-electron chi connectivity index (χ3n) is 3.98. The van der Waals surface area contributed by atoms with Gasteiger partial charge in [0.25, 0.3) is 5.56 Å². The Morgan fingerprint density at radius 3 is 2.72 bits per heavy atom. The number of rotatable bonds is 4. The Morgan fingerprint density at radius 2 is 1.96 bits per heavy atom. The van der Waals surface area contributed by atoms with Gasteiger partial charge in [0.05, 0.1) is 12.1 Å². The van der Waals surface area contributed by atoms with Gasteiger partial charge in [-0.2, -0.15) is 0 Å². The van der Waals surface area contributed by atoms with Crippen molar-refractivity contribution in [3.8, 4) is 0 Å². The number of pyridine rings is 1. The maximum absolute atomic E-state index is 12.1. The smallest absolute Gasteiger partial charge is 0.310 e. The second-order valence-electron chi connectivity index (χ2n) is 5.92. The minimum atomic E-state index is -0.346. The van der Waals surface area contributed by atoms with Crippen LogP contribution in [0.1, 0.15) is 22.4 Å². The molecule has 0 bridgehead atoms. The molecule has 5 nitrogen and oxygen atoms in total. The van der Waals surface area contributed by atoms with E-state index in [4.69, 9.17) is 4.74 Å². The summed E-state index contributed by atoms with van der Waals surface area (Å²) in [6.45, 7) is 4.01. The Kier molecular flexibility index (Phi) is 4.99. The maximum atomic E-state index is 12.1. The number of carbonyl (C=O) groups excluding carboxylic acids is 1. The maximum Gasteiger partial charge on any atom is 0.310 e. The van der Waals surface area contributed by atoms with Crippen molar-refractivity contribution in [2.45, 2.75) is 26.9 Å². The van der Waals surface area contributed by atoms with Crippen molar-refractivity contribution in [3.05, 3.63) is 79.8 Å². The number of hydrogen-bond acceptors (Lipinski definition) is 4. The number of benzene rings is 1. The first-order valence-electron chi connectivity index (χ1n) is 7.82. The van der Waals surface area contributed by atoms with E-state index < -0.39 is 0 Å². The van der Waals surface area contributed by atoms with Gasteiger partial charge in [-0.05, 0) is 58.6 Å². The number of aryl methyl sites for hydroxylation is 2. The molecule has 25 heavy (non-hydrogen) atoms. The van der Waals surface area contributed by atoms with Crippen LogP contribution in [0, 0.1) is 13.8 Å². The molecule has 0 atom stereocenters. The molecule has 0 aliphatic heterocycles. The van der Waals surface area contributed by atoms with Crippen LogP contribution in [0.5, 0.6) is 0 Å². The van der Waals surface area contributed by atoms with Gasteiger partial charge in [-0.25, -0.2) is 4.98 Å². The number of ether oxygens (including phenoxy) is 1. The molecule has 0 unspecified atom stereocenters. The third-order valence-corrected chi connectivity index (χ3v) is 4.45. The van der Waals surface area contributed by atoms with Gasteiger partial charge in [-0.15, -0.1) is 0 Å². The molecule has 6 heteroatoms. The van der Waals surface area contributed by atoms with E-state index in [1.807, 2.05) is 32.0 Å². The highest BCUT2D eigenvalue weighted by Crippen LogP contribution is 2.12. The highest BCUT2D eigenvalue weighted by Gasteiger charge is 2.09. The van der Waals surface area contributed by atoms with Crippen LogP contribution in [0.4, 0.5) is 0 Å². The zero-order chi connectivity index (χ0) is 18.0. The second-order valence-corrected chi connectivity index (χ2v) is 6.83. The first-order chi connectivity index (χ1) is 11.9. The minimum absolute atomic E-state index is 0.0223. The summed E-state index contributed by atoms with van der Waals surface area (Å²) >= 11 is 3.32. The van der Waals surface area contributed by atoms with Crippen molar-refractivity contribution in [1.82, 2.24) is 9.38 Å². The van der Waals surface area contributed by atoms with E-state index in [0.29, 0.717) is 11.3 Å². The zero-order valence-corrected chi connectivity index (χ0v) is 15.5. The van der Waals surface area contributed by atoms with Gasteiger partial charge in [-0.1, -0.05) is 18.2 Å². The molecule has 128 valence electrons. The molecule has 0 fully saturated rings. The molecule has 2 aromatic heterocycles. The predicted octanol–water partition coefficient (Wildman–Crippen LogP) is 3.36. The van der Waals surface area contributed by atoms with Crippen molar-refractivity contribution in [2.24, 2.45) is 0 Å². The molecule has 2 heterocycles. The summed E-state index contributed by atoms with van der Waals surface area (Å²) in [5, 5.41) is 0. The average molecular weight is 401 g/mol. The fourth-order valence-electron chi connectivity index (χ4n) is 2.49. The summed E-state index contributed by atoms with van der Waals surface area (Å²) in [6.07, 6.45) is 1.85. The van der Waals surface area contributed by atoms with E-state index in [1.54, 1.807) is 18.3 Å². The van der Waals surface area contributed by atoms with Crippen LogP contribution in [0.3, 0.4) is 0 Å². The molecular formula is C19H17BrN2O3. The van der Waals surface area contributed by atoms with E-state index in [1.165, 1.54) is 16.0 Å². The predicted molar refractivity (Wildman–Crippen MR) is 98.6 cm³/mol. The van der Waals surface area contributed by atoms with Gasteiger partial charge in [0, 0.05) is 16.7 Å². The number of esters is 1. The largest absolute Gasteiger partial charge is 0.459 e. The molecule has 0 aliphatic carbocycles. The summed E-state index contributed by atoms with van der Waals surface area (Å²) in [7, 11) is 0. The summed E-state index contributed by atoms with van der Waals surface area (Å²) in [5.74, 6) is -0.346. The number of aromatic nitrogens is 2. The summed E-state index contributed by atoms with van der Waals surface area (Å²) in [6, 6.07) is 10.8. The molecule has 0 amide bonds. The summed E-state index contributed by atoms with van der Waals surface area (Å²) in [5.41, 5.74) is 3.96. The summed E-state index contributed by atoms with van der Waals surface area (Å²) < 4.78 is 7.49. The average Bonchev–Trinajstić information content (AvgIpc) is 2.57. The van der Waals surface area contributed by atoms with Crippen LogP contribution in [0.25, 0.3) is 5.65 Å². The Morgan fingerprint density at radius 1 is 1.16 bits per heavy atom. The van der Waals surface area contributed by atoms with Gasteiger partial charge in [0.15, 0.2) is 0 Å². The van der Waals surface area contributed by atoms with Crippen LogP contribution in [0.2, 0.25) is 0 Å². The molecular weight excluding hydrogens is 384 g/mol. The lowest BCUT2D eigenvalue weighted by atomic mass is 10.0. The summed E-state index contributed by atoms with van der Waals surface area (Å²) in [4.78, 5) is 28.5. The molecule has 3 rings (SSSR count). The first-order valence-corrected chi connectivity index (χ1v) is 8.61. The topological polar surface area (TPSA) is 60.7 Å². The molecule has 0 saturated carbocycles. The standard InChI is InChI=1S/C19H17BrN2O3/c1-12-3-4-14(7-13(12)2)8-19(24)25-11-16-9-18(23)22-10-15(20)5-6-17(22)21-16/h3-7,9-10H,8,11H2,1-2H3. The van der Waals surface area contributed by atoms with Gasteiger partial charge in [-0.3, -0.25) is 14.0 Å². The molecule has 1 aromatic carbocycles. The van der Waals surface area contributed by atoms with Crippen LogP contribution < -0.4 is 5.56 Å². The van der Waals surface area contributed by atoms with Crippen LogP contribution >= 0.6 is 15.9 Å². The number of fused-ring (bicyclic) bond motifs is 1. The van der Waals surface area contributed by atoms with Gasteiger partial charge >= 0.3 is 5.97 Å². The van der Waals surface area contributed by atoms with E-state index in [-0.39, 0.29) is 24.6 Å². The normalized spacial score (nSPS) is 10.8. The number of carbonyl (C=O) groups is 1. The van der Waals surface area contributed by atoms with Crippen LogP contribution in [-0.2, 0) is 22.6 Å². The molecule has 0 radical (unpaired) electrons. The van der Waals surface area contributed by atoms with Gasteiger partial charge < -0.3 is 4.74 Å².